The number of aromatic carboxylic acids is 1. The predicted octanol–water partition coefficient (Wildman–Crippen LogP) is 0.861. The molecule has 0 saturated carbocycles. The lowest BCUT2D eigenvalue weighted by molar-refractivity contribution is -0.143. The fourth-order valence-corrected chi connectivity index (χ4v) is 2.99. The Morgan fingerprint density at radius 1 is 1.29 bits per heavy atom. The normalized spacial score (nSPS) is 13.0. The van der Waals surface area contributed by atoms with Crippen molar-refractivity contribution in [3.05, 3.63) is 29.8 Å². The second-order valence-corrected chi connectivity index (χ2v) is 6.41. The standard InChI is InChI=1S/C13H17NO6S/c1-8(2)11(13(17)20-3)14-21(18,19)10-6-4-5-9(7-10)12(15)16/h4-8,11,14H,1-3H3,(H,15,16). The molecule has 0 aromatic heterocycles. The molecule has 0 aliphatic heterocycles. The smallest absolute Gasteiger partial charge is 0.335 e. The summed E-state index contributed by atoms with van der Waals surface area (Å²) in [6, 6.07) is 3.83. The number of esters is 1. The molecule has 0 radical (unpaired) electrons. The van der Waals surface area contributed by atoms with E-state index in [1.54, 1.807) is 13.8 Å². The summed E-state index contributed by atoms with van der Waals surface area (Å²) < 4.78 is 31.2. The minimum absolute atomic E-state index is 0.156. The highest BCUT2D eigenvalue weighted by molar-refractivity contribution is 7.89. The zero-order chi connectivity index (χ0) is 16.2. The van der Waals surface area contributed by atoms with Crippen LogP contribution in [0.5, 0.6) is 0 Å². The van der Waals surface area contributed by atoms with Crippen LogP contribution in [0.15, 0.2) is 29.2 Å². The van der Waals surface area contributed by atoms with E-state index in [1.807, 2.05) is 0 Å². The van der Waals surface area contributed by atoms with Gasteiger partial charge in [0, 0.05) is 0 Å². The SMILES string of the molecule is COC(=O)C(NS(=O)(=O)c1cccc(C(=O)O)c1)C(C)C. The van der Waals surface area contributed by atoms with Gasteiger partial charge in [0.25, 0.3) is 0 Å². The molecular weight excluding hydrogens is 298 g/mol. The largest absolute Gasteiger partial charge is 0.478 e. The number of carbonyl (C=O) groups is 2. The predicted molar refractivity (Wildman–Crippen MR) is 74.4 cm³/mol. The first-order chi connectivity index (χ1) is 9.69. The molecule has 1 atom stereocenters. The van der Waals surface area contributed by atoms with Gasteiger partial charge in [0.2, 0.25) is 10.0 Å². The molecule has 0 heterocycles. The monoisotopic (exact) mass is 315 g/mol. The van der Waals surface area contributed by atoms with E-state index in [0.717, 1.165) is 13.2 Å². The second kappa shape index (κ2) is 6.68. The number of rotatable bonds is 6. The maximum Gasteiger partial charge on any atom is 0.335 e. The van der Waals surface area contributed by atoms with Crippen LogP contribution in [0.1, 0.15) is 24.2 Å². The van der Waals surface area contributed by atoms with Gasteiger partial charge in [-0.05, 0) is 24.1 Å². The van der Waals surface area contributed by atoms with E-state index < -0.39 is 28.0 Å². The van der Waals surface area contributed by atoms with Crippen LogP contribution < -0.4 is 4.72 Å². The number of hydrogen-bond donors (Lipinski definition) is 2. The van der Waals surface area contributed by atoms with Crippen LogP contribution in [0, 0.1) is 5.92 Å². The van der Waals surface area contributed by atoms with Crippen LogP contribution in [0.2, 0.25) is 0 Å². The van der Waals surface area contributed by atoms with Crippen molar-refractivity contribution in [2.24, 2.45) is 5.92 Å². The molecule has 1 aromatic carbocycles. The van der Waals surface area contributed by atoms with Crippen LogP contribution in [0.4, 0.5) is 0 Å². The van der Waals surface area contributed by atoms with Crippen LogP contribution in [0.3, 0.4) is 0 Å². The molecule has 0 amide bonds. The number of ether oxygens (including phenoxy) is 1. The molecule has 7 nitrogen and oxygen atoms in total. The van der Waals surface area contributed by atoms with Gasteiger partial charge in [0.05, 0.1) is 17.6 Å². The summed E-state index contributed by atoms with van der Waals surface area (Å²) in [5.74, 6) is -2.27. The Bertz CT molecular complexity index is 638. The Morgan fingerprint density at radius 2 is 1.90 bits per heavy atom. The summed E-state index contributed by atoms with van der Waals surface area (Å²) in [4.78, 5) is 22.2. The van der Waals surface area contributed by atoms with Crippen molar-refractivity contribution in [2.75, 3.05) is 7.11 Å². The van der Waals surface area contributed by atoms with E-state index in [2.05, 4.69) is 9.46 Å². The number of nitrogens with one attached hydrogen (secondary N) is 1. The lowest BCUT2D eigenvalue weighted by Crippen LogP contribution is -2.44. The van der Waals surface area contributed by atoms with Crippen molar-refractivity contribution < 1.29 is 27.9 Å². The molecule has 0 saturated heterocycles. The molecule has 0 spiro atoms. The third-order valence-electron chi connectivity index (χ3n) is 2.80. The molecule has 1 unspecified atom stereocenters. The maximum atomic E-state index is 12.2. The summed E-state index contributed by atoms with van der Waals surface area (Å²) in [7, 11) is -2.87. The van der Waals surface area contributed by atoms with Crippen molar-refractivity contribution in [1.82, 2.24) is 4.72 Å². The van der Waals surface area contributed by atoms with Crippen molar-refractivity contribution >= 4 is 22.0 Å². The Balaban J connectivity index is 3.13. The number of carboxylic acids is 1. The van der Waals surface area contributed by atoms with E-state index in [-0.39, 0.29) is 16.4 Å². The van der Waals surface area contributed by atoms with Crippen LogP contribution in [0.25, 0.3) is 0 Å². The van der Waals surface area contributed by atoms with Gasteiger partial charge in [0.1, 0.15) is 6.04 Å². The third-order valence-corrected chi connectivity index (χ3v) is 4.23. The molecular formula is C13H17NO6S. The molecule has 0 aliphatic rings. The van der Waals surface area contributed by atoms with Crippen molar-refractivity contribution in [3.63, 3.8) is 0 Å². The van der Waals surface area contributed by atoms with Gasteiger partial charge in [-0.15, -0.1) is 0 Å². The minimum Gasteiger partial charge on any atom is -0.478 e. The summed E-state index contributed by atoms with van der Waals surface area (Å²) in [5, 5.41) is 8.88. The van der Waals surface area contributed by atoms with Gasteiger partial charge in [0.15, 0.2) is 0 Å². The first-order valence-corrected chi connectivity index (χ1v) is 7.61. The molecule has 0 fully saturated rings. The minimum atomic E-state index is -4.03. The first kappa shape index (κ1) is 17.1. The molecule has 8 heteroatoms. The molecule has 0 bridgehead atoms. The number of methoxy groups -OCH3 is 1. The van der Waals surface area contributed by atoms with E-state index in [0.29, 0.717) is 0 Å². The third kappa shape index (κ3) is 4.27. The Morgan fingerprint density at radius 3 is 2.38 bits per heavy atom. The number of hydrogen-bond acceptors (Lipinski definition) is 5. The van der Waals surface area contributed by atoms with Crippen molar-refractivity contribution in [1.29, 1.82) is 0 Å². The molecule has 1 rings (SSSR count). The average Bonchev–Trinajstić information content (AvgIpc) is 2.43. The first-order valence-electron chi connectivity index (χ1n) is 6.12. The summed E-state index contributed by atoms with van der Waals surface area (Å²) in [6.45, 7) is 3.33. The van der Waals surface area contributed by atoms with Gasteiger partial charge in [-0.3, -0.25) is 4.79 Å². The zero-order valence-corrected chi connectivity index (χ0v) is 12.7. The highest BCUT2D eigenvalue weighted by atomic mass is 32.2. The Kier molecular flexibility index (Phi) is 5.45. The lowest BCUT2D eigenvalue weighted by Gasteiger charge is -2.19. The lowest BCUT2D eigenvalue weighted by atomic mass is 10.1. The second-order valence-electron chi connectivity index (χ2n) is 4.70. The summed E-state index contributed by atoms with van der Waals surface area (Å²) in [6.07, 6.45) is 0. The van der Waals surface area contributed by atoms with E-state index in [1.165, 1.54) is 18.2 Å². The van der Waals surface area contributed by atoms with Crippen molar-refractivity contribution in [2.45, 2.75) is 24.8 Å². The van der Waals surface area contributed by atoms with Crippen LogP contribution in [-0.4, -0.2) is 38.6 Å². The highest BCUT2D eigenvalue weighted by Gasteiger charge is 2.29. The highest BCUT2D eigenvalue weighted by Crippen LogP contribution is 2.14. The number of sulfonamides is 1. The van der Waals surface area contributed by atoms with Gasteiger partial charge in [-0.25, -0.2) is 13.2 Å². The topological polar surface area (TPSA) is 110 Å². The van der Waals surface area contributed by atoms with E-state index in [9.17, 15) is 18.0 Å². The number of benzene rings is 1. The van der Waals surface area contributed by atoms with Crippen molar-refractivity contribution in [3.8, 4) is 0 Å². The van der Waals surface area contributed by atoms with E-state index >= 15 is 0 Å². The molecule has 116 valence electrons. The van der Waals surface area contributed by atoms with E-state index in [4.69, 9.17) is 5.11 Å². The fourth-order valence-electron chi connectivity index (χ4n) is 1.61. The molecule has 2 N–H and O–H groups in total. The van der Waals surface area contributed by atoms with Crippen LogP contribution in [-0.2, 0) is 19.6 Å². The molecule has 0 aliphatic carbocycles. The Labute approximate surface area is 123 Å². The zero-order valence-electron chi connectivity index (χ0n) is 11.9. The summed E-state index contributed by atoms with van der Waals surface area (Å²) in [5.41, 5.74) is -0.156. The number of carboxylic acid groups (broad SMARTS) is 1. The van der Waals surface area contributed by atoms with Gasteiger partial charge < -0.3 is 9.84 Å². The number of carbonyl (C=O) groups excluding carboxylic acids is 1. The quantitative estimate of drug-likeness (QED) is 0.753. The maximum absolute atomic E-state index is 12.2. The van der Waals surface area contributed by atoms with Crippen LogP contribution >= 0.6 is 0 Å². The summed E-state index contributed by atoms with van der Waals surface area (Å²) >= 11 is 0. The van der Waals surface area contributed by atoms with Gasteiger partial charge in [-0.1, -0.05) is 19.9 Å². The fraction of sp³-hybridized carbons (Fsp3) is 0.385. The molecule has 1 aromatic rings. The average molecular weight is 315 g/mol. The van der Waals surface area contributed by atoms with Gasteiger partial charge in [-0.2, -0.15) is 4.72 Å². The molecule has 21 heavy (non-hydrogen) atoms. The Hall–Kier alpha value is -1.93. The van der Waals surface area contributed by atoms with Gasteiger partial charge >= 0.3 is 11.9 Å².